The number of rotatable bonds is 4. The summed E-state index contributed by atoms with van der Waals surface area (Å²) in [5, 5.41) is 27.1. The Morgan fingerprint density at radius 3 is 3.00 bits per heavy atom. The van der Waals surface area contributed by atoms with Gasteiger partial charge in [-0.2, -0.15) is 5.10 Å². The van der Waals surface area contributed by atoms with Crippen molar-refractivity contribution in [1.82, 2.24) is 9.78 Å². The van der Waals surface area contributed by atoms with Gasteiger partial charge in [0.1, 0.15) is 6.61 Å². The number of carbonyl (C=O) groups is 1. The number of non-ortho nitro benzene ring substituents is 1. The van der Waals surface area contributed by atoms with Gasteiger partial charge in [0.2, 0.25) is 0 Å². The van der Waals surface area contributed by atoms with E-state index in [0.29, 0.717) is 17.5 Å². The molecule has 2 N–H and O–H groups in total. The van der Waals surface area contributed by atoms with Gasteiger partial charge in [-0.05, 0) is 25.3 Å². The SMILES string of the molecule is O=C(CO)Nc1nn(C2CCCCO2)c2ccc([N+](=O)[O-])cc12. The second kappa shape index (κ2) is 6.31. The van der Waals surface area contributed by atoms with Crippen LogP contribution in [0.4, 0.5) is 11.5 Å². The molecule has 122 valence electrons. The van der Waals surface area contributed by atoms with Crippen molar-refractivity contribution in [3.05, 3.63) is 28.3 Å². The zero-order valence-corrected chi connectivity index (χ0v) is 12.3. The zero-order chi connectivity index (χ0) is 16.4. The highest BCUT2D eigenvalue weighted by Crippen LogP contribution is 2.32. The number of benzene rings is 1. The maximum atomic E-state index is 11.5. The second-order valence-electron chi connectivity index (χ2n) is 5.28. The van der Waals surface area contributed by atoms with E-state index in [9.17, 15) is 14.9 Å². The molecule has 0 bridgehead atoms. The minimum atomic E-state index is -0.691. The van der Waals surface area contributed by atoms with Crippen molar-refractivity contribution in [2.45, 2.75) is 25.5 Å². The summed E-state index contributed by atoms with van der Waals surface area (Å²) in [6, 6.07) is 4.34. The summed E-state index contributed by atoms with van der Waals surface area (Å²) in [5.41, 5.74) is 0.539. The number of hydrogen-bond donors (Lipinski definition) is 2. The highest BCUT2D eigenvalue weighted by atomic mass is 16.6. The Bertz CT molecular complexity index is 751. The van der Waals surface area contributed by atoms with Crippen molar-refractivity contribution in [2.24, 2.45) is 0 Å². The summed E-state index contributed by atoms with van der Waals surface area (Å²) in [7, 11) is 0. The lowest BCUT2D eigenvalue weighted by molar-refractivity contribution is -0.384. The summed E-state index contributed by atoms with van der Waals surface area (Å²) >= 11 is 0. The standard InChI is InChI=1S/C14H16N4O5/c19-8-12(20)15-14-10-7-9(18(21)22)4-5-11(10)17(16-14)13-3-1-2-6-23-13/h4-5,7,13,19H,1-3,6,8H2,(H,15,16,20). The van der Waals surface area contributed by atoms with Crippen molar-refractivity contribution in [2.75, 3.05) is 18.5 Å². The van der Waals surface area contributed by atoms with E-state index < -0.39 is 17.4 Å². The molecular formula is C14H16N4O5. The Balaban J connectivity index is 2.09. The van der Waals surface area contributed by atoms with Crippen LogP contribution in [0.1, 0.15) is 25.5 Å². The first-order valence-corrected chi connectivity index (χ1v) is 7.29. The Morgan fingerprint density at radius 2 is 2.35 bits per heavy atom. The Kier molecular flexibility index (Phi) is 4.22. The molecule has 1 aromatic heterocycles. The molecule has 23 heavy (non-hydrogen) atoms. The molecule has 0 aliphatic carbocycles. The monoisotopic (exact) mass is 320 g/mol. The molecule has 2 aromatic rings. The molecule has 2 heterocycles. The molecule has 3 rings (SSSR count). The molecule has 1 aliphatic rings. The highest BCUT2D eigenvalue weighted by molar-refractivity contribution is 6.00. The molecule has 1 saturated heterocycles. The van der Waals surface area contributed by atoms with Gasteiger partial charge in [-0.3, -0.25) is 14.9 Å². The van der Waals surface area contributed by atoms with Gasteiger partial charge in [0.05, 0.1) is 15.8 Å². The van der Waals surface area contributed by atoms with E-state index in [2.05, 4.69) is 10.4 Å². The lowest BCUT2D eigenvalue weighted by Gasteiger charge is -2.23. The minimum absolute atomic E-state index is 0.0962. The Morgan fingerprint density at radius 1 is 1.52 bits per heavy atom. The van der Waals surface area contributed by atoms with Crippen LogP contribution in [0.2, 0.25) is 0 Å². The average Bonchev–Trinajstić information content (AvgIpc) is 2.93. The van der Waals surface area contributed by atoms with E-state index in [0.717, 1.165) is 19.3 Å². The van der Waals surface area contributed by atoms with Crippen LogP contribution in [0.15, 0.2) is 18.2 Å². The van der Waals surface area contributed by atoms with Crippen LogP contribution in [0, 0.1) is 10.1 Å². The summed E-state index contributed by atoms with van der Waals surface area (Å²) in [5.74, 6) is -0.454. The van der Waals surface area contributed by atoms with Crippen LogP contribution < -0.4 is 5.32 Å². The summed E-state index contributed by atoms with van der Waals surface area (Å²) in [6.45, 7) is -0.0689. The van der Waals surface area contributed by atoms with Crippen LogP contribution >= 0.6 is 0 Å². The predicted molar refractivity (Wildman–Crippen MR) is 80.9 cm³/mol. The van der Waals surface area contributed by atoms with Gasteiger partial charge >= 0.3 is 0 Å². The Hall–Kier alpha value is -2.52. The number of hydrogen-bond acceptors (Lipinski definition) is 6. The number of amides is 1. The number of carbonyl (C=O) groups excluding carboxylic acids is 1. The van der Waals surface area contributed by atoms with Crippen molar-refractivity contribution in [3.63, 3.8) is 0 Å². The maximum Gasteiger partial charge on any atom is 0.270 e. The van der Waals surface area contributed by atoms with Crippen LogP contribution in [-0.2, 0) is 9.53 Å². The van der Waals surface area contributed by atoms with E-state index in [1.165, 1.54) is 12.1 Å². The quantitative estimate of drug-likeness (QED) is 0.652. The van der Waals surface area contributed by atoms with Gasteiger partial charge < -0.3 is 15.2 Å². The van der Waals surface area contributed by atoms with E-state index >= 15 is 0 Å². The first kappa shape index (κ1) is 15.4. The fourth-order valence-corrected chi connectivity index (χ4v) is 2.64. The van der Waals surface area contributed by atoms with Crippen molar-refractivity contribution < 1.29 is 19.6 Å². The van der Waals surface area contributed by atoms with E-state index in [4.69, 9.17) is 9.84 Å². The van der Waals surface area contributed by atoms with Crippen LogP contribution in [-0.4, -0.2) is 38.9 Å². The predicted octanol–water partition coefficient (Wildman–Crippen LogP) is 1.57. The fourth-order valence-electron chi connectivity index (χ4n) is 2.64. The molecule has 0 saturated carbocycles. The highest BCUT2D eigenvalue weighted by Gasteiger charge is 2.23. The fraction of sp³-hybridized carbons (Fsp3) is 0.429. The summed E-state index contributed by atoms with van der Waals surface area (Å²) in [4.78, 5) is 21.9. The van der Waals surface area contributed by atoms with Crippen LogP contribution in [0.5, 0.6) is 0 Å². The molecule has 9 heteroatoms. The molecule has 1 aromatic carbocycles. The van der Waals surface area contributed by atoms with Crippen molar-refractivity contribution in [3.8, 4) is 0 Å². The van der Waals surface area contributed by atoms with Crippen molar-refractivity contribution >= 4 is 28.3 Å². The number of nitro groups is 1. The summed E-state index contributed by atoms with van der Waals surface area (Å²) in [6.07, 6.45) is 2.49. The second-order valence-corrected chi connectivity index (χ2v) is 5.28. The van der Waals surface area contributed by atoms with Gasteiger partial charge in [0.25, 0.3) is 11.6 Å². The first-order chi connectivity index (χ1) is 11.1. The minimum Gasteiger partial charge on any atom is -0.387 e. The first-order valence-electron chi connectivity index (χ1n) is 7.29. The maximum absolute atomic E-state index is 11.5. The Labute approximate surface area is 131 Å². The zero-order valence-electron chi connectivity index (χ0n) is 12.3. The molecule has 1 amide bonds. The number of nitro benzene ring substituents is 1. The summed E-state index contributed by atoms with van der Waals surface area (Å²) < 4.78 is 7.33. The van der Waals surface area contributed by atoms with Crippen LogP contribution in [0.3, 0.4) is 0 Å². The normalized spacial score (nSPS) is 18.0. The van der Waals surface area contributed by atoms with Crippen LogP contribution in [0.25, 0.3) is 10.9 Å². The van der Waals surface area contributed by atoms with Gasteiger partial charge in [0.15, 0.2) is 12.0 Å². The molecule has 1 aliphatic heterocycles. The number of ether oxygens (including phenoxy) is 1. The molecular weight excluding hydrogens is 304 g/mol. The topological polar surface area (TPSA) is 120 Å². The smallest absolute Gasteiger partial charge is 0.270 e. The number of nitrogens with one attached hydrogen (secondary N) is 1. The lowest BCUT2D eigenvalue weighted by Crippen LogP contribution is -2.20. The van der Waals surface area contributed by atoms with E-state index in [1.54, 1.807) is 10.7 Å². The molecule has 1 atom stereocenters. The number of anilines is 1. The number of aliphatic hydroxyl groups is 1. The third-order valence-corrected chi connectivity index (χ3v) is 3.73. The van der Waals surface area contributed by atoms with E-state index in [1.807, 2.05) is 0 Å². The third-order valence-electron chi connectivity index (χ3n) is 3.73. The van der Waals surface area contributed by atoms with Gasteiger partial charge in [-0.25, -0.2) is 4.68 Å². The number of nitrogens with zero attached hydrogens (tertiary/aromatic N) is 3. The number of fused-ring (bicyclic) bond motifs is 1. The molecule has 1 fully saturated rings. The molecule has 1 unspecified atom stereocenters. The van der Waals surface area contributed by atoms with Gasteiger partial charge in [-0.1, -0.05) is 0 Å². The third kappa shape index (κ3) is 3.01. The molecule has 0 radical (unpaired) electrons. The largest absolute Gasteiger partial charge is 0.387 e. The number of aliphatic hydroxyl groups excluding tert-OH is 1. The molecule has 9 nitrogen and oxygen atoms in total. The number of aromatic nitrogens is 2. The van der Waals surface area contributed by atoms with E-state index in [-0.39, 0.29) is 17.7 Å². The van der Waals surface area contributed by atoms with Gasteiger partial charge in [-0.15, -0.1) is 0 Å². The lowest BCUT2D eigenvalue weighted by atomic mass is 10.2. The van der Waals surface area contributed by atoms with Gasteiger partial charge in [0, 0.05) is 18.7 Å². The molecule has 0 spiro atoms. The van der Waals surface area contributed by atoms with Crippen molar-refractivity contribution in [1.29, 1.82) is 0 Å². The average molecular weight is 320 g/mol.